The van der Waals surface area contributed by atoms with Gasteiger partial charge in [-0.05, 0) is 29.7 Å². The van der Waals surface area contributed by atoms with Crippen molar-refractivity contribution in [3.63, 3.8) is 0 Å². The first kappa shape index (κ1) is 16.1. The molecule has 1 N–H and O–H groups in total. The van der Waals surface area contributed by atoms with Crippen molar-refractivity contribution in [2.24, 2.45) is 0 Å². The van der Waals surface area contributed by atoms with Gasteiger partial charge in [-0.1, -0.05) is 30.9 Å². The average molecular weight is 352 g/mol. The standard InChI is InChI=1S/C17H15Cl2NO3/c1-3-10-7-8-16(18)14(22)20(2)15(23)17(16,19)13(10)11-5-4-6-12(21)9-11/h3-7,9,13,21H,1,8H2,2H3. The molecule has 3 rings (SSSR count). The van der Waals surface area contributed by atoms with Crippen LogP contribution in [0.4, 0.5) is 0 Å². The predicted molar refractivity (Wildman–Crippen MR) is 88.7 cm³/mol. The number of phenolic OH excluding ortho intramolecular Hbond substituents is 1. The SMILES string of the molecule is C=CC1=CCC2(Cl)C(=O)N(C)C(=O)C2(Cl)C1c1cccc(O)c1. The van der Waals surface area contributed by atoms with Crippen LogP contribution in [0.5, 0.6) is 5.75 Å². The number of hydrogen-bond acceptors (Lipinski definition) is 3. The summed E-state index contributed by atoms with van der Waals surface area (Å²) in [6, 6.07) is 6.43. The van der Waals surface area contributed by atoms with Gasteiger partial charge in [0, 0.05) is 13.0 Å². The fraction of sp³-hybridized carbons (Fsp3) is 0.294. The number of phenols is 1. The minimum absolute atomic E-state index is 0.0436. The molecule has 1 aliphatic heterocycles. The molecule has 1 aromatic carbocycles. The Morgan fingerprint density at radius 3 is 2.65 bits per heavy atom. The molecule has 1 heterocycles. The Bertz CT molecular complexity index is 760. The van der Waals surface area contributed by atoms with E-state index in [1.165, 1.54) is 19.2 Å². The van der Waals surface area contributed by atoms with Crippen LogP contribution in [0.25, 0.3) is 0 Å². The quantitative estimate of drug-likeness (QED) is 0.658. The summed E-state index contributed by atoms with van der Waals surface area (Å²) >= 11 is 13.3. The third-order valence-electron chi connectivity index (χ3n) is 4.63. The number of halogens is 2. The van der Waals surface area contributed by atoms with E-state index in [1.807, 2.05) is 0 Å². The Labute approximate surface area is 144 Å². The van der Waals surface area contributed by atoms with Crippen molar-refractivity contribution in [3.8, 4) is 5.75 Å². The molecule has 1 aliphatic carbocycles. The summed E-state index contributed by atoms with van der Waals surface area (Å²) in [4.78, 5) is 23.0. The van der Waals surface area contributed by atoms with Crippen molar-refractivity contribution in [3.05, 3.63) is 54.1 Å². The second-order valence-corrected chi connectivity index (χ2v) is 7.06. The second-order valence-electron chi connectivity index (χ2n) is 5.82. The Kier molecular flexibility index (Phi) is 3.58. The summed E-state index contributed by atoms with van der Waals surface area (Å²) in [6.07, 6.45) is 3.52. The first-order chi connectivity index (χ1) is 10.8. The van der Waals surface area contributed by atoms with E-state index in [9.17, 15) is 14.7 Å². The minimum Gasteiger partial charge on any atom is -0.508 e. The highest BCUT2D eigenvalue weighted by molar-refractivity contribution is 6.53. The number of hydrogen-bond donors (Lipinski definition) is 1. The Hall–Kier alpha value is -1.78. The van der Waals surface area contributed by atoms with Crippen molar-refractivity contribution in [2.45, 2.75) is 22.1 Å². The molecule has 3 atom stereocenters. The van der Waals surface area contributed by atoms with Gasteiger partial charge in [0.15, 0.2) is 9.75 Å². The summed E-state index contributed by atoms with van der Waals surface area (Å²) in [6.45, 7) is 3.77. The van der Waals surface area contributed by atoms with Crippen LogP contribution >= 0.6 is 23.2 Å². The summed E-state index contributed by atoms with van der Waals surface area (Å²) < 4.78 is 0. The normalized spacial score (nSPS) is 33.4. The zero-order valence-electron chi connectivity index (χ0n) is 12.4. The van der Waals surface area contributed by atoms with E-state index in [2.05, 4.69) is 6.58 Å². The number of rotatable bonds is 2. The molecule has 1 fully saturated rings. The number of nitrogens with zero attached hydrogens (tertiary/aromatic N) is 1. The van der Waals surface area contributed by atoms with Crippen LogP contribution in [0.15, 0.2) is 48.6 Å². The van der Waals surface area contributed by atoms with E-state index in [1.54, 1.807) is 24.3 Å². The van der Waals surface area contributed by atoms with Crippen molar-refractivity contribution in [2.75, 3.05) is 7.05 Å². The number of aromatic hydroxyl groups is 1. The summed E-state index contributed by atoms with van der Waals surface area (Å²) in [7, 11) is 1.38. The van der Waals surface area contributed by atoms with Crippen molar-refractivity contribution in [1.82, 2.24) is 4.90 Å². The number of benzene rings is 1. The van der Waals surface area contributed by atoms with Crippen LogP contribution in [-0.4, -0.2) is 38.6 Å². The number of allylic oxidation sites excluding steroid dienone is 3. The molecule has 0 bridgehead atoms. The van der Waals surface area contributed by atoms with Crippen LogP contribution in [-0.2, 0) is 9.59 Å². The lowest BCUT2D eigenvalue weighted by Crippen LogP contribution is -2.54. The maximum Gasteiger partial charge on any atom is 0.253 e. The largest absolute Gasteiger partial charge is 0.508 e. The number of amides is 2. The van der Waals surface area contributed by atoms with Gasteiger partial charge in [0.25, 0.3) is 11.8 Å². The Morgan fingerprint density at radius 2 is 2.04 bits per heavy atom. The number of carbonyl (C=O) groups is 2. The van der Waals surface area contributed by atoms with Crippen molar-refractivity contribution < 1.29 is 14.7 Å². The first-order valence-corrected chi connectivity index (χ1v) is 7.84. The maximum atomic E-state index is 12.8. The molecule has 1 saturated heterocycles. The molecular formula is C17H15Cl2NO3. The first-order valence-electron chi connectivity index (χ1n) is 7.09. The predicted octanol–water partition coefficient (Wildman–Crippen LogP) is 2.95. The van der Waals surface area contributed by atoms with Gasteiger partial charge in [-0.3, -0.25) is 14.5 Å². The molecule has 2 amide bonds. The van der Waals surface area contributed by atoms with Gasteiger partial charge in [0.1, 0.15) is 5.75 Å². The third kappa shape index (κ3) is 1.91. The summed E-state index contributed by atoms with van der Waals surface area (Å²) in [5.41, 5.74) is 1.31. The second kappa shape index (κ2) is 5.11. The van der Waals surface area contributed by atoms with Gasteiger partial charge in [-0.2, -0.15) is 0 Å². The molecule has 6 heteroatoms. The van der Waals surface area contributed by atoms with Gasteiger partial charge >= 0.3 is 0 Å². The van der Waals surface area contributed by atoms with Crippen LogP contribution in [0.1, 0.15) is 17.9 Å². The highest BCUT2D eigenvalue weighted by Crippen LogP contribution is 2.58. The lowest BCUT2D eigenvalue weighted by atomic mass is 9.68. The van der Waals surface area contributed by atoms with Crippen LogP contribution in [0, 0.1) is 0 Å². The smallest absolute Gasteiger partial charge is 0.253 e. The van der Waals surface area contributed by atoms with Gasteiger partial charge < -0.3 is 5.11 Å². The lowest BCUT2D eigenvalue weighted by molar-refractivity contribution is -0.137. The zero-order valence-corrected chi connectivity index (χ0v) is 13.9. The molecule has 0 radical (unpaired) electrons. The van der Waals surface area contributed by atoms with Crippen LogP contribution < -0.4 is 0 Å². The Morgan fingerprint density at radius 1 is 1.35 bits per heavy atom. The monoisotopic (exact) mass is 351 g/mol. The molecule has 0 spiro atoms. The molecule has 3 unspecified atom stereocenters. The van der Waals surface area contributed by atoms with E-state index in [0.29, 0.717) is 11.1 Å². The van der Waals surface area contributed by atoms with E-state index < -0.39 is 27.5 Å². The molecule has 0 saturated carbocycles. The number of fused-ring (bicyclic) bond motifs is 1. The van der Waals surface area contributed by atoms with E-state index in [4.69, 9.17) is 23.2 Å². The van der Waals surface area contributed by atoms with E-state index in [-0.39, 0.29) is 12.2 Å². The highest BCUT2D eigenvalue weighted by atomic mass is 35.5. The summed E-state index contributed by atoms with van der Waals surface area (Å²) in [5, 5.41) is 9.78. The van der Waals surface area contributed by atoms with Gasteiger partial charge in [-0.15, -0.1) is 23.2 Å². The van der Waals surface area contributed by atoms with E-state index >= 15 is 0 Å². The maximum absolute atomic E-state index is 12.8. The molecule has 0 aromatic heterocycles. The number of likely N-dealkylation sites (tertiary alicyclic amines) is 1. The molecule has 4 nitrogen and oxygen atoms in total. The zero-order chi connectivity index (χ0) is 17.0. The van der Waals surface area contributed by atoms with Gasteiger partial charge in [0.2, 0.25) is 0 Å². The summed E-state index contributed by atoms with van der Waals surface area (Å²) in [5.74, 6) is -1.69. The minimum atomic E-state index is -1.66. The van der Waals surface area contributed by atoms with Crippen LogP contribution in [0.2, 0.25) is 0 Å². The highest BCUT2D eigenvalue weighted by Gasteiger charge is 2.72. The fourth-order valence-electron chi connectivity index (χ4n) is 3.45. The number of imide groups is 1. The molecule has 1 aromatic rings. The van der Waals surface area contributed by atoms with Crippen LogP contribution in [0.3, 0.4) is 0 Å². The van der Waals surface area contributed by atoms with Gasteiger partial charge in [0.05, 0.1) is 0 Å². The molecule has 23 heavy (non-hydrogen) atoms. The number of alkyl halides is 2. The Balaban J connectivity index is 2.28. The topological polar surface area (TPSA) is 57.6 Å². The fourth-order valence-corrected chi connectivity index (χ4v) is 4.38. The average Bonchev–Trinajstić information content (AvgIpc) is 2.66. The molecule has 120 valence electrons. The number of carbonyl (C=O) groups excluding carboxylic acids is 2. The van der Waals surface area contributed by atoms with Gasteiger partial charge in [-0.25, -0.2) is 0 Å². The third-order valence-corrected chi connectivity index (χ3v) is 6.04. The van der Waals surface area contributed by atoms with Crippen molar-refractivity contribution in [1.29, 1.82) is 0 Å². The van der Waals surface area contributed by atoms with E-state index in [0.717, 1.165) is 4.90 Å². The lowest BCUT2D eigenvalue weighted by Gasteiger charge is -2.42. The molecular weight excluding hydrogens is 337 g/mol. The van der Waals surface area contributed by atoms with Crippen molar-refractivity contribution >= 4 is 35.0 Å². The molecule has 2 aliphatic rings.